The molecule has 0 unspecified atom stereocenters. The summed E-state index contributed by atoms with van der Waals surface area (Å²) >= 11 is 0. The van der Waals surface area contributed by atoms with Crippen molar-refractivity contribution < 1.29 is 23.1 Å². The highest BCUT2D eigenvalue weighted by Gasteiger charge is 2.54. The van der Waals surface area contributed by atoms with E-state index in [4.69, 9.17) is 5.11 Å². The minimum absolute atomic E-state index is 0.0479. The number of fused-ring (bicyclic) bond motifs is 5. The van der Waals surface area contributed by atoms with Crippen LogP contribution in [0.15, 0.2) is 23.1 Å². The van der Waals surface area contributed by atoms with Crippen molar-refractivity contribution >= 4 is 21.8 Å². The Labute approximate surface area is 172 Å². The van der Waals surface area contributed by atoms with E-state index in [0.717, 1.165) is 42.0 Å². The third-order valence-electron chi connectivity index (χ3n) is 7.76. The van der Waals surface area contributed by atoms with E-state index in [0.29, 0.717) is 30.0 Å². The fourth-order valence-electron chi connectivity index (χ4n) is 6.04. The molecular weight excluding hydrogens is 390 g/mol. The number of Topliss-reactive ketones (excluding diaryl/α,β-unsaturated/α-hetero) is 1. The summed E-state index contributed by atoms with van der Waals surface area (Å²) in [6.07, 6.45) is 5.23. The van der Waals surface area contributed by atoms with E-state index >= 15 is 0 Å². The molecule has 29 heavy (non-hydrogen) atoms. The number of nitrogens with zero attached hydrogens (tertiary/aromatic N) is 1. The molecule has 1 aromatic rings. The number of hydrogen-bond acceptors (Lipinski definition) is 4. The first-order valence-corrected chi connectivity index (χ1v) is 11.9. The summed E-state index contributed by atoms with van der Waals surface area (Å²) < 4.78 is 26.8. The van der Waals surface area contributed by atoms with Crippen LogP contribution in [0.1, 0.15) is 62.5 Å². The topological polar surface area (TPSA) is 91.8 Å². The molecule has 0 bridgehead atoms. The molecule has 1 aromatic carbocycles. The van der Waals surface area contributed by atoms with E-state index in [1.807, 2.05) is 6.07 Å². The molecule has 3 aliphatic rings. The second kappa shape index (κ2) is 7.20. The SMILES string of the molecule is CN(CCC(=O)O)S(=O)(=O)c1ccc2c(c1)CC[C@@H]1[C@@H]2CC[C@]2(C)C(=O)CC[C@@H]12. The zero-order chi connectivity index (χ0) is 21.0. The Hall–Kier alpha value is -1.73. The summed E-state index contributed by atoms with van der Waals surface area (Å²) in [7, 11) is -2.28. The van der Waals surface area contributed by atoms with Crippen molar-refractivity contribution in [1.82, 2.24) is 4.31 Å². The lowest BCUT2D eigenvalue weighted by molar-refractivity contribution is -0.137. The van der Waals surface area contributed by atoms with Gasteiger partial charge in [-0.05, 0) is 73.1 Å². The Morgan fingerprint density at radius 1 is 1.24 bits per heavy atom. The van der Waals surface area contributed by atoms with Crippen LogP contribution in [0, 0.1) is 17.3 Å². The van der Waals surface area contributed by atoms with Crippen molar-refractivity contribution in [2.24, 2.45) is 17.3 Å². The van der Waals surface area contributed by atoms with Crippen LogP contribution in [0.4, 0.5) is 0 Å². The lowest BCUT2D eigenvalue weighted by Gasteiger charge is -2.48. The maximum absolute atomic E-state index is 12.8. The van der Waals surface area contributed by atoms with Gasteiger partial charge < -0.3 is 5.11 Å². The minimum Gasteiger partial charge on any atom is -0.481 e. The Morgan fingerprint density at radius 3 is 2.72 bits per heavy atom. The lowest BCUT2D eigenvalue weighted by atomic mass is 9.55. The second-order valence-electron chi connectivity index (χ2n) is 9.16. The molecule has 0 spiro atoms. The standard InChI is InChI=1S/C22H29NO5S/c1-22-11-9-17-16-6-4-15(29(27,28)23(2)12-10-21(25)26)13-14(16)3-5-18(17)19(22)7-8-20(22)24/h4,6,13,17-19H,3,5,7-12H2,1-2H3,(H,25,26)/t17-,18-,19+,22+/m1/s1. The maximum atomic E-state index is 12.8. The zero-order valence-corrected chi connectivity index (χ0v) is 17.9. The molecule has 1 N–H and O–H groups in total. The summed E-state index contributed by atoms with van der Waals surface area (Å²) in [5.41, 5.74) is 2.18. The van der Waals surface area contributed by atoms with Gasteiger partial charge >= 0.3 is 5.97 Å². The van der Waals surface area contributed by atoms with Crippen LogP contribution in [0.25, 0.3) is 0 Å². The van der Waals surface area contributed by atoms with Gasteiger partial charge in [-0.1, -0.05) is 13.0 Å². The Kier molecular flexibility index (Phi) is 5.10. The average Bonchev–Trinajstić information content (AvgIpc) is 3.00. The summed E-state index contributed by atoms with van der Waals surface area (Å²) in [6.45, 7) is 2.11. The van der Waals surface area contributed by atoms with Crippen LogP contribution >= 0.6 is 0 Å². The quantitative estimate of drug-likeness (QED) is 0.791. The number of rotatable bonds is 5. The van der Waals surface area contributed by atoms with Crippen molar-refractivity contribution in [2.75, 3.05) is 13.6 Å². The molecule has 158 valence electrons. The number of ketones is 1. The van der Waals surface area contributed by atoms with Crippen LogP contribution in [0.2, 0.25) is 0 Å². The molecule has 2 saturated carbocycles. The summed E-state index contributed by atoms with van der Waals surface area (Å²) in [5.74, 6) is 0.779. The van der Waals surface area contributed by atoms with E-state index in [1.165, 1.54) is 12.6 Å². The number of hydrogen-bond donors (Lipinski definition) is 1. The van der Waals surface area contributed by atoms with Gasteiger partial charge in [0.25, 0.3) is 0 Å². The predicted octanol–water partition coefficient (Wildman–Crippen LogP) is 3.21. The maximum Gasteiger partial charge on any atom is 0.304 e. The molecular formula is C22H29NO5S. The van der Waals surface area contributed by atoms with Gasteiger partial charge in [-0.2, -0.15) is 0 Å². The van der Waals surface area contributed by atoms with E-state index < -0.39 is 16.0 Å². The van der Waals surface area contributed by atoms with Crippen LogP contribution in [0.5, 0.6) is 0 Å². The van der Waals surface area contributed by atoms with E-state index in [1.54, 1.807) is 12.1 Å². The molecule has 4 atom stereocenters. The number of carboxylic acid groups (broad SMARTS) is 1. The number of carbonyl (C=O) groups excluding carboxylic acids is 1. The van der Waals surface area contributed by atoms with Crippen molar-refractivity contribution in [3.8, 4) is 0 Å². The average molecular weight is 420 g/mol. The van der Waals surface area contributed by atoms with Gasteiger partial charge in [0.15, 0.2) is 0 Å². The molecule has 0 aliphatic heterocycles. The molecule has 6 nitrogen and oxygen atoms in total. The van der Waals surface area contributed by atoms with Crippen LogP contribution < -0.4 is 0 Å². The van der Waals surface area contributed by atoms with Gasteiger partial charge in [-0.3, -0.25) is 9.59 Å². The van der Waals surface area contributed by atoms with Crippen molar-refractivity contribution in [3.05, 3.63) is 29.3 Å². The Morgan fingerprint density at radius 2 is 2.00 bits per heavy atom. The lowest BCUT2D eigenvalue weighted by Crippen LogP contribution is -2.42. The molecule has 2 fully saturated rings. The smallest absolute Gasteiger partial charge is 0.304 e. The molecule has 4 rings (SSSR count). The van der Waals surface area contributed by atoms with Gasteiger partial charge in [-0.15, -0.1) is 0 Å². The zero-order valence-electron chi connectivity index (χ0n) is 17.1. The number of sulfonamides is 1. The third kappa shape index (κ3) is 3.32. The highest BCUT2D eigenvalue weighted by atomic mass is 32.2. The monoisotopic (exact) mass is 419 g/mol. The number of aryl methyl sites for hydroxylation is 1. The first-order chi connectivity index (χ1) is 13.6. The normalized spacial score (nSPS) is 31.3. The second-order valence-corrected chi connectivity index (χ2v) is 11.2. The number of carboxylic acids is 1. The first-order valence-electron chi connectivity index (χ1n) is 10.5. The van der Waals surface area contributed by atoms with Gasteiger partial charge in [-0.25, -0.2) is 12.7 Å². The molecule has 0 aromatic heterocycles. The van der Waals surface area contributed by atoms with Crippen LogP contribution in [-0.2, 0) is 26.0 Å². The van der Waals surface area contributed by atoms with Crippen LogP contribution in [0.3, 0.4) is 0 Å². The Bertz CT molecular complexity index is 956. The largest absolute Gasteiger partial charge is 0.481 e. The molecule has 0 saturated heterocycles. The highest BCUT2D eigenvalue weighted by Crippen LogP contribution is 2.59. The highest BCUT2D eigenvalue weighted by molar-refractivity contribution is 7.89. The van der Waals surface area contributed by atoms with Gasteiger partial charge in [0.1, 0.15) is 5.78 Å². The fourth-order valence-corrected chi connectivity index (χ4v) is 7.27. The first kappa shape index (κ1) is 20.5. The van der Waals surface area contributed by atoms with Gasteiger partial charge in [0.05, 0.1) is 11.3 Å². The number of aliphatic carboxylic acids is 1. The Balaban J connectivity index is 1.59. The van der Waals surface area contributed by atoms with Gasteiger partial charge in [0.2, 0.25) is 10.0 Å². The van der Waals surface area contributed by atoms with E-state index in [-0.39, 0.29) is 23.3 Å². The molecule has 0 heterocycles. The van der Waals surface area contributed by atoms with E-state index in [9.17, 15) is 18.0 Å². The molecule has 3 aliphatic carbocycles. The molecule has 0 amide bonds. The van der Waals surface area contributed by atoms with Crippen molar-refractivity contribution in [2.45, 2.75) is 62.7 Å². The summed E-state index contributed by atoms with van der Waals surface area (Å²) in [5, 5.41) is 8.82. The molecule has 0 radical (unpaired) electrons. The fraction of sp³-hybridized carbons (Fsp3) is 0.636. The summed E-state index contributed by atoms with van der Waals surface area (Å²) in [4.78, 5) is 23.5. The van der Waals surface area contributed by atoms with Crippen LogP contribution in [-0.4, -0.2) is 43.2 Å². The van der Waals surface area contributed by atoms with Crippen molar-refractivity contribution in [3.63, 3.8) is 0 Å². The predicted molar refractivity (Wildman–Crippen MR) is 108 cm³/mol. The minimum atomic E-state index is -3.70. The van der Waals surface area contributed by atoms with Gasteiger partial charge in [0, 0.05) is 25.4 Å². The summed E-state index contributed by atoms with van der Waals surface area (Å²) in [6, 6.07) is 5.41. The number of benzene rings is 1. The third-order valence-corrected chi connectivity index (χ3v) is 9.61. The molecule has 7 heteroatoms. The number of carbonyl (C=O) groups is 2. The van der Waals surface area contributed by atoms with Crippen molar-refractivity contribution in [1.29, 1.82) is 0 Å². The van der Waals surface area contributed by atoms with E-state index in [2.05, 4.69) is 6.92 Å².